The van der Waals surface area contributed by atoms with Gasteiger partial charge in [-0.3, -0.25) is 4.79 Å². The molecule has 2 heterocycles. The molecule has 3 rings (SSSR count). The lowest BCUT2D eigenvalue weighted by Gasteiger charge is -2.07. The van der Waals surface area contributed by atoms with Gasteiger partial charge in [0.15, 0.2) is 4.34 Å². The molecule has 0 aliphatic carbocycles. The topological polar surface area (TPSA) is 72.7 Å². The first-order chi connectivity index (χ1) is 11.7. The van der Waals surface area contributed by atoms with Gasteiger partial charge in [0, 0.05) is 30.3 Å². The number of amides is 1. The van der Waals surface area contributed by atoms with Crippen LogP contribution in [0.5, 0.6) is 0 Å². The van der Waals surface area contributed by atoms with Crippen molar-refractivity contribution in [1.82, 2.24) is 25.3 Å². The molecule has 0 atom stereocenters. The summed E-state index contributed by atoms with van der Waals surface area (Å²) in [6.07, 6.45) is 4.45. The normalized spacial score (nSPS) is 10.7. The van der Waals surface area contributed by atoms with E-state index in [0.717, 1.165) is 27.2 Å². The molecule has 0 bridgehead atoms. The van der Waals surface area contributed by atoms with Gasteiger partial charge in [-0.1, -0.05) is 29.2 Å². The van der Waals surface area contributed by atoms with Crippen LogP contribution in [0, 0.1) is 6.92 Å². The van der Waals surface area contributed by atoms with Gasteiger partial charge in [0.25, 0.3) is 5.91 Å². The third-order valence-corrected chi connectivity index (χ3v) is 5.28. The highest BCUT2D eigenvalue weighted by Crippen LogP contribution is 2.22. The van der Waals surface area contributed by atoms with Crippen LogP contribution < -0.4 is 5.32 Å². The van der Waals surface area contributed by atoms with E-state index in [9.17, 15) is 4.79 Å². The Balaban J connectivity index is 1.46. The Morgan fingerprint density at radius 2 is 2.25 bits per heavy atom. The zero-order chi connectivity index (χ0) is 16.8. The number of carbonyl (C=O) groups is 1. The first-order valence-electron chi connectivity index (χ1n) is 7.53. The van der Waals surface area contributed by atoms with Crippen LogP contribution in [-0.2, 0) is 0 Å². The quantitative estimate of drug-likeness (QED) is 0.519. The number of hydrogen-bond donors (Lipinski definition) is 1. The van der Waals surface area contributed by atoms with Crippen LogP contribution in [0.4, 0.5) is 0 Å². The van der Waals surface area contributed by atoms with Crippen molar-refractivity contribution in [2.75, 3.05) is 12.3 Å². The van der Waals surface area contributed by atoms with Crippen molar-refractivity contribution in [2.24, 2.45) is 0 Å². The fourth-order valence-electron chi connectivity index (χ4n) is 2.08. The molecule has 0 fully saturated rings. The lowest BCUT2D eigenvalue weighted by atomic mass is 10.2. The number of aryl methyl sites for hydroxylation is 1. The predicted octanol–water partition coefficient (Wildman–Crippen LogP) is 2.94. The number of thioether (sulfide) groups is 1. The first-order valence-corrected chi connectivity index (χ1v) is 9.34. The molecule has 0 saturated heterocycles. The molecular formula is C16H17N5OS2. The summed E-state index contributed by atoms with van der Waals surface area (Å²) in [5.41, 5.74) is 1.50. The molecule has 6 nitrogen and oxygen atoms in total. The number of rotatable bonds is 7. The number of nitrogens with one attached hydrogen (secondary N) is 1. The summed E-state index contributed by atoms with van der Waals surface area (Å²) in [4.78, 5) is 12.2. The monoisotopic (exact) mass is 359 g/mol. The molecule has 24 heavy (non-hydrogen) atoms. The van der Waals surface area contributed by atoms with Crippen LogP contribution in [0.25, 0.3) is 5.69 Å². The summed E-state index contributed by atoms with van der Waals surface area (Å²) >= 11 is 3.27. The Hall–Kier alpha value is -2.19. The van der Waals surface area contributed by atoms with E-state index in [4.69, 9.17) is 0 Å². The van der Waals surface area contributed by atoms with Crippen molar-refractivity contribution in [2.45, 2.75) is 17.7 Å². The van der Waals surface area contributed by atoms with Crippen LogP contribution in [0.3, 0.4) is 0 Å². The van der Waals surface area contributed by atoms with Gasteiger partial charge in [0.1, 0.15) is 5.01 Å². The van der Waals surface area contributed by atoms with Gasteiger partial charge in [-0.15, -0.1) is 10.2 Å². The van der Waals surface area contributed by atoms with Crippen molar-refractivity contribution in [3.63, 3.8) is 0 Å². The van der Waals surface area contributed by atoms with Crippen LogP contribution in [0.1, 0.15) is 21.8 Å². The van der Waals surface area contributed by atoms with Crippen LogP contribution in [0.2, 0.25) is 0 Å². The average molecular weight is 359 g/mol. The number of hydrogen-bond acceptors (Lipinski definition) is 6. The van der Waals surface area contributed by atoms with Crippen LogP contribution in [-0.4, -0.2) is 38.2 Å². The van der Waals surface area contributed by atoms with Crippen LogP contribution >= 0.6 is 23.1 Å². The summed E-state index contributed by atoms with van der Waals surface area (Å²) in [5.74, 6) is 0.836. The summed E-state index contributed by atoms with van der Waals surface area (Å²) in [6, 6.07) is 9.27. The molecule has 1 aromatic carbocycles. The highest BCUT2D eigenvalue weighted by molar-refractivity contribution is 8.01. The zero-order valence-electron chi connectivity index (χ0n) is 13.2. The number of benzene rings is 1. The Labute approximate surface area is 148 Å². The van der Waals surface area contributed by atoms with Gasteiger partial charge in [0.05, 0.1) is 5.69 Å². The highest BCUT2D eigenvalue weighted by atomic mass is 32.2. The maximum absolute atomic E-state index is 12.2. The predicted molar refractivity (Wildman–Crippen MR) is 95.9 cm³/mol. The van der Waals surface area contributed by atoms with E-state index in [2.05, 4.69) is 20.6 Å². The minimum Gasteiger partial charge on any atom is -0.352 e. The largest absolute Gasteiger partial charge is 0.352 e. The lowest BCUT2D eigenvalue weighted by molar-refractivity contribution is 0.0954. The molecule has 8 heteroatoms. The molecule has 1 N–H and O–H groups in total. The molecule has 0 aliphatic heterocycles. The second-order valence-electron chi connectivity index (χ2n) is 5.05. The van der Waals surface area contributed by atoms with Crippen molar-refractivity contribution in [3.8, 4) is 5.69 Å². The lowest BCUT2D eigenvalue weighted by Crippen LogP contribution is -2.24. The Kier molecular flexibility index (Phi) is 5.60. The second-order valence-corrected chi connectivity index (χ2v) is 7.57. The van der Waals surface area contributed by atoms with Gasteiger partial charge in [-0.25, -0.2) is 4.68 Å². The fraction of sp³-hybridized carbons (Fsp3) is 0.250. The van der Waals surface area contributed by atoms with Crippen molar-refractivity contribution in [1.29, 1.82) is 0 Å². The van der Waals surface area contributed by atoms with Gasteiger partial charge in [-0.05, 0) is 37.6 Å². The van der Waals surface area contributed by atoms with Crippen molar-refractivity contribution in [3.05, 3.63) is 53.3 Å². The molecule has 3 aromatic rings. The standard InChI is InChI=1S/C16H17N5OS2/c1-12-19-20-16(24-12)23-10-4-7-17-15(22)13-5-2-6-14(11-13)21-9-3-8-18-21/h2-3,5-6,8-9,11H,4,7,10H2,1H3,(H,17,22). The van der Waals surface area contributed by atoms with E-state index in [1.54, 1.807) is 40.0 Å². The summed E-state index contributed by atoms with van der Waals surface area (Å²) < 4.78 is 2.71. The molecule has 0 saturated carbocycles. The van der Waals surface area contributed by atoms with E-state index < -0.39 is 0 Å². The molecule has 0 unspecified atom stereocenters. The summed E-state index contributed by atoms with van der Waals surface area (Å²) in [5, 5.41) is 16.1. The summed E-state index contributed by atoms with van der Waals surface area (Å²) in [6.45, 7) is 2.58. The van der Waals surface area contributed by atoms with Gasteiger partial charge < -0.3 is 5.32 Å². The summed E-state index contributed by atoms with van der Waals surface area (Å²) in [7, 11) is 0. The SMILES string of the molecule is Cc1nnc(SCCCNC(=O)c2cccc(-n3cccn3)c2)s1. The number of nitrogens with zero attached hydrogens (tertiary/aromatic N) is 4. The van der Waals surface area contributed by atoms with E-state index in [1.165, 1.54) is 0 Å². The maximum Gasteiger partial charge on any atom is 0.251 e. The maximum atomic E-state index is 12.2. The third-order valence-electron chi connectivity index (χ3n) is 3.22. The molecule has 0 radical (unpaired) electrons. The Morgan fingerprint density at radius 3 is 3.00 bits per heavy atom. The smallest absolute Gasteiger partial charge is 0.251 e. The van der Waals surface area contributed by atoms with Crippen molar-refractivity contribution >= 4 is 29.0 Å². The third kappa shape index (κ3) is 4.42. The van der Waals surface area contributed by atoms with Crippen molar-refractivity contribution < 1.29 is 4.79 Å². The van der Waals surface area contributed by atoms with E-state index in [0.29, 0.717) is 12.1 Å². The zero-order valence-corrected chi connectivity index (χ0v) is 14.8. The minimum atomic E-state index is -0.0687. The molecule has 0 spiro atoms. The number of aromatic nitrogens is 4. The Bertz CT molecular complexity index is 800. The molecule has 124 valence electrons. The van der Waals surface area contributed by atoms with Gasteiger partial charge in [-0.2, -0.15) is 5.10 Å². The van der Waals surface area contributed by atoms with E-state index in [-0.39, 0.29) is 5.91 Å². The van der Waals surface area contributed by atoms with Crippen LogP contribution in [0.15, 0.2) is 47.1 Å². The minimum absolute atomic E-state index is 0.0687. The van der Waals surface area contributed by atoms with E-state index in [1.807, 2.05) is 37.4 Å². The molecule has 0 aliphatic rings. The molecule has 2 aromatic heterocycles. The molecular weight excluding hydrogens is 342 g/mol. The number of carbonyl (C=O) groups excluding carboxylic acids is 1. The van der Waals surface area contributed by atoms with Gasteiger partial charge in [0.2, 0.25) is 0 Å². The second kappa shape index (κ2) is 8.07. The Morgan fingerprint density at radius 1 is 1.33 bits per heavy atom. The van der Waals surface area contributed by atoms with E-state index >= 15 is 0 Å². The fourth-order valence-corrected chi connectivity index (χ4v) is 3.91. The molecule has 1 amide bonds. The average Bonchev–Trinajstić information content (AvgIpc) is 3.26. The highest BCUT2D eigenvalue weighted by Gasteiger charge is 2.07. The van der Waals surface area contributed by atoms with Gasteiger partial charge >= 0.3 is 0 Å². The first kappa shape index (κ1) is 16.7.